The average molecular weight is 512 g/mol. The van der Waals surface area contributed by atoms with Crippen LogP contribution in [0.1, 0.15) is 119 Å². The van der Waals surface area contributed by atoms with Gasteiger partial charge in [0.2, 0.25) is 5.91 Å². The van der Waals surface area contributed by atoms with Crippen LogP contribution in [0.5, 0.6) is 0 Å². The molecule has 37 heavy (non-hydrogen) atoms. The topological polar surface area (TPSA) is 76.0 Å². The molecule has 0 saturated heterocycles. The minimum Gasteiger partial charge on any atom is -0.466 e. The fraction of sp³-hybridized carbons (Fsp3) is 0.781. The van der Waals surface area contributed by atoms with Crippen LogP contribution in [-0.4, -0.2) is 34.9 Å². The van der Waals surface area contributed by atoms with E-state index in [1.54, 1.807) is 12.5 Å². The molecule has 0 aromatic carbocycles. The van der Waals surface area contributed by atoms with E-state index in [1.165, 1.54) is 36.8 Å². The maximum Gasteiger partial charge on any atom is 0.306 e. The van der Waals surface area contributed by atoms with Gasteiger partial charge in [0.25, 0.3) is 0 Å². The SMILES string of the molecule is CCOC(=O)CCC(=O)N=C1CC[C@@]2(C)C(=CCC3C2CC[C@]2(C)/C(=C(\C)CCC(C)(C)O)CCC32)C1. The minimum atomic E-state index is -0.605. The van der Waals surface area contributed by atoms with E-state index in [1.807, 2.05) is 13.8 Å². The van der Waals surface area contributed by atoms with Crippen molar-refractivity contribution in [2.45, 2.75) is 124 Å². The zero-order chi connectivity index (χ0) is 27.0. The van der Waals surface area contributed by atoms with Crippen molar-refractivity contribution in [3.05, 3.63) is 22.8 Å². The highest BCUT2D eigenvalue weighted by Crippen LogP contribution is 2.66. The molecule has 3 unspecified atom stereocenters. The highest BCUT2D eigenvalue weighted by Gasteiger charge is 2.57. The first-order valence-corrected chi connectivity index (χ1v) is 14.7. The van der Waals surface area contributed by atoms with Crippen molar-refractivity contribution < 1.29 is 19.4 Å². The number of fused-ring (bicyclic) bond motifs is 5. The standard InChI is InChI=1S/C32H49NO4/c1-7-37-29(35)13-12-28(34)33-23-15-18-31(5)22(20-23)8-9-24-26-11-10-25(21(2)14-17-30(3,4)36)32(26,6)19-16-27(24)31/h8,24,26-27,36H,7,9-20H2,1-6H3/b25-21+,33-23?/t24?,26?,27?,31-,32+/m0/s1. The predicted molar refractivity (Wildman–Crippen MR) is 148 cm³/mol. The number of esters is 1. The van der Waals surface area contributed by atoms with Crippen LogP contribution in [0.2, 0.25) is 0 Å². The average Bonchev–Trinajstić information content (AvgIpc) is 3.18. The van der Waals surface area contributed by atoms with Crippen LogP contribution in [0.3, 0.4) is 0 Å². The number of aliphatic imine (C=N–C) groups is 1. The fourth-order valence-electron chi connectivity index (χ4n) is 8.42. The van der Waals surface area contributed by atoms with Gasteiger partial charge < -0.3 is 9.84 Å². The Morgan fingerprint density at radius 3 is 2.51 bits per heavy atom. The first kappa shape index (κ1) is 28.3. The summed E-state index contributed by atoms with van der Waals surface area (Å²) in [6.07, 6.45) is 13.6. The molecule has 4 aliphatic rings. The Balaban J connectivity index is 1.46. The first-order valence-electron chi connectivity index (χ1n) is 14.7. The lowest BCUT2D eigenvalue weighted by Crippen LogP contribution is -2.49. The number of carbonyl (C=O) groups excluding carboxylic acids is 2. The van der Waals surface area contributed by atoms with Crippen molar-refractivity contribution in [1.29, 1.82) is 0 Å². The summed E-state index contributed by atoms with van der Waals surface area (Å²) < 4.78 is 4.94. The quantitative estimate of drug-likeness (QED) is 0.291. The lowest BCUT2D eigenvalue weighted by atomic mass is 9.47. The molecular weight excluding hydrogens is 462 g/mol. The molecular formula is C32H49NO4. The first-order chi connectivity index (χ1) is 17.4. The van der Waals surface area contributed by atoms with Crippen molar-refractivity contribution in [2.24, 2.45) is 33.6 Å². The largest absolute Gasteiger partial charge is 0.466 e. The Labute approximate surface area is 224 Å². The molecule has 0 heterocycles. The summed E-state index contributed by atoms with van der Waals surface area (Å²) in [5, 5.41) is 10.3. The third kappa shape index (κ3) is 5.82. The number of carbonyl (C=O) groups is 2. The minimum absolute atomic E-state index is 0.113. The Hall–Kier alpha value is -1.75. The maximum atomic E-state index is 12.4. The van der Waals surface area contributed by atoms with Gasteiger partial charge in [-0.05, 0) is 114 Å². The Morgan fingerprint density at radius 1 is 1.08 bits per heavy atom. The predicted octanol–water partition coefficient (Wildman–Crippen LogP) is 7.13. The summed E-state index contributed by atoms with van der Waals surface area (Å²) >= 11 is 0. The van der Waals surface area contributed by atoms with E-state index in [0.29, 0.717) is 17.9 Å². The molecule has 4 aliphatic carbocycles. The van der Waals surface area contributed by atoms with E-state index in [4.69, 9.17) is 4.74 Å². The number of aliphatic hydroxyl groups is 1. The molecule has 0 bridgehead atoms. The molecule has 5 atom stereocenters. The molecule has 5 heteroatoms. The molecule has 0 aliphatic heterocycles. The zero-order valence-electron chi connectivity index (χ0n) is 24.1. The number of nitrogens with zero attached hydrogens (tertiary/aromatic N) is 1. The molecule has 0 spiro atoms. The molecule has 0 aromatic rings. The maximum absolute atomic E-state index is 12.4. The Kier molecular flexibility index (Phi) is 8.24. The van der Waals surface area contributed by atoms with Crippen molar-refractivity contribution in [3.8, 4) is 0 Å². The number of hydrogen-bond acceptors (Lipinski definition) is 4. The van der Waals surface area contributed by atoms with Gasteiger partial charge in [-0.1, -0.05) is 36.6 Å². The van der Waals surface area contributed by atoms with Crippen molar-refractivity contribution in [2.75, 3.05) is 6.61 Å². The molecule has 1 amide bonds. The molecule has 5 nitrogen and oxygen atoms in total. The van der Waals surface area contributed by atoms with Gasteiger partial charge in [-0.3, -0.25) is 9.59 Å². The lowest BCUT2D eigenvalue weighted by molar-refractivity contribution is -0.144. The normalized spacial score (nSPS) is 35.8. The summed E-state index contributed by atoms with van der Waals surface area (Å²) in [5.74, 6) is 1.67. The molecule has 1 N–H and O–H groups in total. The molecule has 0 aromatic heterocycles. The lowest BCUT2D eigenvalue weighted by Gasteiger charge is -2.57. The van der Waals surface area contributed by atoms with Gasteiger partial charge in [0.05, 0.1) is 18.6 Å². The van der Waals surface area contributed by atoms with Gasteiger partial charge in [0.1, 0.15) is 0 Å². The van der Waals surface area contributed by atoms with E-state index in [0.717, 1.165) is 56.1 Å². The van der Waals surface area contributed by atoms with E-state index in [9.17, 15) is 14.7 Å². The summed E-state index contributed by atoms with van der Waals surface area (Å²) in [4.78, 5) is 28.4. The zero-order valence-corrected chi connectivity index (χ0v) is 24.1. The van der Waals surface area contributed by atoms with Gasteiger partial charge in [0, 0.05) is 18.6 Å². The van der Waals surface area contributed by atoms with Crippen LogP contribution >= 0.6 is 0 Å². The Morgan fingerprint density at radius 2 is 1.81 bits per heavy atom. The van der Waals surface area contributed by atoms with Gasteiger partial charge in [0.15, 0.2) is 0 Å². The van der Waals surface area contributed by atoms with Gasteiger partial charge >= 0.3 is 5.97 Å². The second kappa shape index (κ2) is 10.8. The van der Waals surface area contributed by atoms with E-state index in [-0.39, 0.29) is 30.1 Å². The van der Waals surface area contributed by atoms with Crippen LogP contribution in [0.25, 0.3) is 0 Å². The number of ether oxygens (including phenoxy) is 1. The van der Waals surface area contributed by atoms with Crippen molar-refractivity contribution >= 4 is 17.6 Å². The molecule has 3 saturated carbocycles. The number of amides is 1. The third-order valence-corrected chi connectivity index (χ3v) is 10.5. The molecule has 3 fully saturated rings. The number of allylic oxidation sites excluding steroid dienone is 4. The van der Waals surface area contributed by atoms with Crippen LogP contribution < -0.4 is 0 Å². The van der Waals surface area contributed by atoms with Gasteiger partial charge in [-0.25, -0.2) is 4.99 Å². The van der Waals surface area contributed by atoms with E-state index < -0.39 is 5.60 Å². The number of hydrogen-bond donors (Lipinski definition) is 1. The van der Waals surface area contributed by atoms with Crippen LogP contribution in [0.4, 0.5) is 0 Å². The van der Waals surface area contributed by atoms with E-state index in [2.05, 4.69) is 31.8 Å². The van der Waals surface area contributed by atoms with Crippen molar-refractivity contribution in [1.82, 2.24) is 0 Å². The fourth-order valence-corrected chi connectivity index (χ4v) is 8.42. The molecule has 0 radical (unpaired) electrons. The molecule has 206 valence electrons. The Bertz CT molecular complexity index is 999. The van der Waals surface area contributed by atoms with Gasteiger partial charge in [-0.2, -0.15) is 0 Å². The van der Waals surface area contributed by atoms with Gasteiger partial charge in [-0.15, -0.1) is 0 Å². The summed E-state index contributed by atoms with van der Waals surface area (Å²) in [7, 11) is 0. The monoisotopic (exact) mass is 511 g/mol. The van der Waals surface area contributed by atoms with Crippen LogP contribution in [0, 0.1) is 28.6 Å². The van der Waals surface area contributed by atoms with Crippen molar-refractivity contribution in [3.63, 3.8) is 0 Å². The van der Waals surface area contributed by atoms with Crippen LogP contribution in [0.15, 0.2) is 27.8 Å². The smallest absolute Gasteiger partial charge is 0.306 e. The third-order valence-electron chi connectivity index (χ3n) is 10.5. The van der Waals surface area contributed by atoms with E-state index >= 15 is 0 Å². The molecule has 4 rings (SSSR count). The van der Waals surface area contributed by atoms with Crippen LogP contribution in [-0.2, 0) is 14.3 Å². The highest BCUT2D eigenvalue weighted by atomic mass is 16.5. The summed E-state index contributed by atoms with van der Waals surface area (Å²) in [6.45, 7) is 13.3. The highest BCUT2D eigenvalue weighted by molar-refractivity contribution is 5.98. The second-order valence-electron chi connectivity index (χ2n) is 13.4. The second-order valence-corrected chi connectivity index (χ2v) is 13.4. The number of rotatable bonds is 7. The summed E-state index contributed by atoms with van der Waals surface area (Å²) in [6, 6.07) is 0. The summed E-state index contributed by atoms with van der Waals surface area (Å²) in [5.41, 5.74) is 5.61.